The van der Waals surface area contributed by atoms with Gasteiger partial charge in [0.15, 0.2) is 0 Å². The average molecular weight is 315 g/mol. The molecule has 6 N–H and O–H groups in total. The molecule has 8 nitrogen and oxygen atoms in total. The van der Waals surface area contributed by atoms with Gasteiger partial charge in [0, 0.05) is 20.3 Å². The minimum atomic E-state index is -3.67. The van der Waals surface area contributed by atoms with Gasteiger partial charge in [-0.3, -0.25) is 5.43 Å². The Bertz CT molecular complexity index is 557. The SMILES string of the molecule is COCCCNC(=NCc1ccc(S(N)(=O)=O)cc1)NN. The number of nitrogens with zero attached hydrogens (tertiary/aromatic N) is 1. The van der Waals surface area contributed by atoms with E-state index in [-0.39, 0.29) is 4.90 Å². The summed E-state index contributed by atoms with van der Waals surface area (Å²) in [5.41, 5.74) is 3.31. The lowest BCUT2D eigenvalue weighted by atomic mass is 10.2. The summed E-state index contributed by atoms with van der Waals surface area (Å²) in [7, 11) is -2.03. The van der Waals surface area contributed by atoms with Crippen LogP contribution in [0.3, 0.4) is 0 Å². The fraction of sp³-hybridized carbons (Fsp3) is 0.417. The number of guanidine groups is 1. The number of benzene rings is 1. The summed E-state index contributed by atoms with van der Waals surface area (Å²) in [6, 6.07) is 6.20. The molecule has 0 unspecified atom stereocenters. The van der Waals surface area contributed by atoms with Gasteiger partial charge < -0.3 is 10.1 Å². The highest BCUT2D eigenvalue weighted by Gasteiger charge is 2.06. The fourth-order valence-corrected chi connectivity index (χ4v) is 2.05. The number of hydrazine groups is 1. The van der Waals surface area contributed by atoms with Crippen LogP contribution >= 0.6 is 0 Å². The van der Waals surface area contributed by atoms with Crippen molar-refractivity contribution < 1.29 is 13.2 Å². The molecule has 0 atom stereocenters. The Morgan fingerprint density at radius 2 is 2.00 bits per heavy atom. The summed E-state index contributed by atoms with van der Waals surface area (Å²) in [6.45, 7) is 1.70. The van der Waals surface area contributed by atoms with Crippen LogP contribution in [0, 0.1) is 0 Å². The minimum Gasteiger partial charge on any atom is -0.385 e. The summed E-state index contributed by atoms with van der Waals surface area (Å²) < 4.78 is 27.2. The molecule has 0 radical (unpaired) electrons. The molecule has 0 spiro atoms. The van der Waals surface area contributed by atoms with Gasteiger partial charge in [0.1, 0.15) is 0 Å². The Labute approximate surface area is 124 Å². The van der Waals surface area contributed by atoms with Crippen LogP contribution in [-0.2, 0) is 21.3 Å². The second-order valence-corrected chi connectivity index (χ2v) is 5.83. The first kappa shape index (κ1) is 17.4. The monoisotopic (exact) mass is 315 g/mol. The lowest BCUT2D eigenvalue weighted by Gasteiger charge is -2.09. The number of hydrogen-bond donors (Lipinski definition) is 4. The van der Waals surface area contributed by atoms with Crippen molar-refractivity contribution in [1.82, 2.24) is 10.7 Å². The van der Waals surface area contributed by atoms with Crippen molar-refractivity contribution in [2.24, 2.45) is 16.0 Å². The predicted octanol–water partition coefficient (Wildman–Crippen LogP) is -0.721. The number of hydrogen-bond acceptors (Lipinski definition) is 5. The minimum absolute atomic E-state index is 0.0742. The predicted molar refractivity (Wildman–Crippen MR) is 80.8 cm³/mol. The van der Waals surface area contributed by atoms with Crippen LogP contribution < -0.4 is 21.7 Å². The largest absolute Gasteiger partial charge is 0.385 e. The molecular weight excluding hydrogens is 294 g/mol. The molecule has 0 aromatic heterocycles. The van der Waals surface area contributed by atoms with Crippen LogP contribution in [0.25, 0.3) is 0 Å². The molecule has 0 aliphatic rings. The Morgan fingerprint density at radius 1 is 1.33 bits per heavy atom. The Kier molecular flexibility index (Phi) is 7.09. The molecule has 0 bridgehead atoms. The van der Waals surface area contributed by atoms with Crippen LogP contribution in [0.4, 0.5) is 0 Å². The Morgan fingerprint density at radius 3 is 2.52 bits per heavy atom. The lowest BCUT2D eigenvalue weighted by molar-refractivity contribution is 0.195. The summed E-state index contributed by atoms with van der Waals surface area (Å²) >= 11 is 0. The quantitative estimate of drug-likeness (QED) is 0.173. The number of sulfonamides is 1. The number of nitrogens with two attached hydrogens (primary N) is 2. The molecule has 0 aliphatic carbocycles. The topological polar surface area (TPSA) is 132 Å². The molecule has 1 rings (SSSR count). The number of rotatable bonds is 7. The average Bonchev–Trinajstić information content (AvgIpc) is 2.46. The highest BCUT2D eigenvalue weighted by Crippen LogP contribution is 2.09. The molecular formula is C12H21N5O3S. The maximum Gasteiger partial charge on any atom is 0.238 e. The van der Waals surface area contributed by atoms with Gasteiger partial charge in [-0.25, -0.2) is 24.4 Å². The number of aliphatic imine (C=N–C) groups is 1. The van der Waals surface area contributed by atoms with E-state index >= 15 is 0 Å². The highest BCUT2D eigenvalue weighted by molar-refractivity contribution is 7.89. The van der Waals surface area contributed by atoms with Crippen LogP contribution in [-0.4, -0.2) is 34.6 Å². The third-order valence-electron chi connectivity index (χ3n) is 2.63. The van der Waals surface area contributed by atoms with Crippen LogP contribution in [0.1, 0.15) is 12.0 Å². The van der Waals surface area contributed by atoms with Crippen molar-refractivity contribution in [2.45, 2.75) is 17.9 Å². The van der Waals surface area contributed by atoms with E-state index in [1.54, 1.807) is 19.2 Å². The number of nitrogens with one attached hydrogen (secondary N) is 2. The first-order valence-electron chi connectivity index (χ1n) is 6.33. The van der Waals surface area contributed by atoms with Gasteiger partial charge in [0.25, 0.3) is 0 Å². The van der Waals surface area contributed by atoms with Crippen molar-refractivity contribution in [3.8, 4) is 0 Å². The highest BCUT2D eigenvalue weighted by atomic mass is 32.2. The molecule has 9 heteroatoms. The zero-order valence-corrected chi connectivity index (χ0v) is 12.7. The second kappa shape index (κ2) is 8.57. The van der Waals surface area contributed by atoms with Crippen LogP contribution in [0.15, 0.2) is 34.2 Å². The molecule has 118 valence electrons. The van der Waals surface area contributed by atoms with E-state index in [0.29, 0.717) is 25.7 Å². The van der Waals surface area contributed by atoms with E-state index < -0.39 is 10.0 Å². The van der Waals surface area contributed by atoms with E-state index in [2.05, 4.69) is 15.7 Å². The van der Waals surface area contributed by atoms with Gasteiger partial charge >= 0.3 is 0 Å². The van der Waals surface area contributed by atoms with E-state index in [9.17, 15) is 8.42 Å². The number of ether oxygens (including phenoxy) is 1. The van der Waals surface area contributed by atoms with Crippen LogP contribution in [0.5, 0.6) is 0 Å². The first-order chi connectivity index (χ1) is 9.97. The van der Waals surface area contributed by atoms with Gasteiger partial charge in [-0.05, 0) is 24.1 Å². The maximum absolute atomic E-state index is 11.1. The molecule has 0 fully saturated rings. The normalized spacial score (nSPS) is 12.2. The molecule has 0 heterocycles. The molecule has 1 aromatic carbocycles. The van der Waals surface area contributed by atoms with Gasteiger partial charge in [-0.1, -0.05) is 12.1 Å². The van der Waals surface area contributed by atoms with Crippen molar-refractivity contribution >= 4 is 16.0 Å². The van der Waals surface area contributed by atoms with Gasteiger partial charge in [-0.2, -0.15) is 0 Å². The zero-order valence-electron chi connectivity index (χ0n) is 11.9. The summed E-state index contributed by atoms with van der Waals surface area (Å²) in [4.78, 5) is 4.32. The summed E-state index contributed by atoms with van der Waals surface area (Å²) in [5, 5.41) is 8.06. The first-order valence-corrected chi connectivity index (χ1v) is 7.87. The standard InChI is InChI=1S/C12H21N5O3S/c1-20-8-2-7-15-12(17-13)16-9-10-3-5-11(6-4-10)21(14,18)19/h3-6H,2,7-9,13H2,1H3,(H2,14,18,19)(H2,15,16,17). The van der Waals surface area contributed by atoms with Gasteiger partial charge in [0.05, 0.1) is 11.4 Å². The third kappa shape index (κ3) is 6.54. The Balaban J connectivity index is 2.56. The number of methoxy groups -OCH3 is 1. The zero-order chi connectivity index (χ0) is 15.7. The van der Waals surface area contributed by atoms with Crippen molar-refractivity contribution in [1.29, 1.82) is 0 Å². The van der Waals surface area contributed by atoms with Crippen molar-refractivity contribution in [3.63, 3.8) is 0 Å². The molecule has 1 aromatic rings. The molecule has 0 saturated heterocycles. The van der Waals surface area contributed by atoms with Crippen LogP contribution in [0.2, 0.25) is 0 Å². The molecule has 0 aliphatic heterocycles. The lowest BCUT2D eigenvalue weighted by Crippen LogP contribution is -2.42. The van der Waals surface area contributed by atoms with Gasteiger partial charge in [0.2, 0.25) is 16.0 Å². The van der Waals surface area contributed by atoms with E-state index in [4.69, 9.17) is 15.7 Å². The van der Waals surface area contributed by atoms with Crippen molar-refractivity contribution in [2.75, 3.05) is 20.3 Å². The Hall–Kier alpha value is -1.68. The van der Waals surface area contributed by atoms with E-state index in [0.717, 1.165) is 12.0 Å². The number of primary sulfonamides is 1. The molecule has 21 heavy (non-hydrogen) atoms. The van der Waals surface area contributed by atoms with E-state index in [1.165, 1.54) is 12.1 Å². The summed E-state index contributed by atoms with van der Waals surface area (Å²) in [6.07, 6.45) is 0.834. The smallest absolute Gasteiger partial charge is 0.238 e. The molecule has 0 saturated carbocycles. The summed E-state index contributed by atoms with van der Waals surface area (Å²) in [5.74, 6) is 5.82. The maximum atomic E-state index is 11.1. The third-order valence-corrected chi connectivity index (χ3v) is 3.56. The molecule has 0 amide bonds. The second-order valence-electron chi connectivity index (χ2n) is 4.27. The van der Waals surface area contributed by atoms with Gasteiger partial charge in [-0.15, -0.1) is 0 Å². The fourth-order valence-electron chi connectivity index (χ4n) is 1.53. The van der Waals surface area contributed by atoms with Crippen molar-refractivity contribution in [3.05, 3.63) is 29.8 Å². The van der Waals surface area contributed by atoms with E-state index in [1.807, 2.05) is 0 Å².